The van der Waals surface area contributed by atoms with Crippen LogP contribution in [0.3, 0.4) is 0 Å². The number of pyridine rings is 1. The number of hydrogen-bond donors (Lipinski definition) is 4. The monoisotopic (exact) mass is 705 g/mol. The fraction of sp³-hybridized carbons (Fsp3) is 0.324. The van der Waals surface area contributed by atoms with E-state index < -0.39 is 5.82 Å². The van der Waals surface area contributed by atoms with Crippen molar-refractivity contribution in [3.8, 4) is 45.1 Å². The molecule has 12 heteroatoms. The number of nitrogens with zero attached hydrogens (tertiary/aromatic N) is 1. The maximum absolute atomic E-state index is 16.0. The largest absolute Gasteiger partial charge is 0.493 e. The summed E-state index contributed by atoms with van der Waals surface area (Å²) < 4.78 is 27.1. The molecule has 0 aliphatic carbocycles. The molecule has 3 aromatic carbocycles. The van der Waals surface area contributed by atoms with E-state index in [9.17, 15) is 9.59 Å². The van der Waals surface area contributed by atoms with E-state index in [4.69, 9.17) is 37.7 Å². The predicted octanol–water partition coefficient (Wildman–Crippen LogP) is 6.28. The third-order valence-electron chi connectivity index (χ3n) is 8.95. The summed E-state index contributed by atoms with van der Waals surface area (Å²) in [5.41, 5.74) is 4.95. The first-order valence-corrected chi connectivity index (χ1v) is 17.0. The molecule has 6 rings (SSSR count). The van der Waals surface area contributed by atoms with Crippen LogP contribution >= 0.6 is 23.2 Å². The standard InChI is InChI=1S/C37H38Cl2FN5O4/c1-48-36-21(17-41-19-23-11-15-31(46)43-23)9-13-28(35(36)40)27-7-3-5-25(33(27)38)26-6-4-8-29(34(26)39)30-14-10-22(37(45-30)49-2)18-42-20-24-12-16-32(47)44-24/h3-10,13-14,23-24,41-42H,11-12,15-20H2,1-2H3,(H,43,46)(H,44,47)/t23-,24-/m0/s1. The highest BCUT2D eigenvalue weighted by molar-refractivity contribution is 6.39. The van der Waals surface area contributed by atoms with E-state index in [1.165, 1.54) is 7.11 Å². The van der Waals surface area contributed by atoms with Crippen LogP contribution in [0.4, 0.5) is 4.39 Å². The van der Waals surface area contributed by atoms with Gasteiger partial charge in [-0.1, -0.05) is 77.8 Å². The minimum atomic E-state index is -0.520. The molecule has 3 heterocycles. The first kappa shape index (κ1) is 34.6. The van der Waals surface area contributed by atoms with Crippen LogP contribution in [0.25, 0.3) is 33.5 Å². The van der Waals surface area contributed by atoms with Crippen molar-refractivity contribution in [1.29, 1.82) is 0 Å². The van der Waals surface area contributed by atoms with Crippen LogP contribution < -0.4 is 30.7 Å². The fourth-order valence-electron chi connectivity index (χ4n) is 6.40. The summed E-state index contributed by atoms with van der Waals surface area (Å²) in [7, 11) is 3.01. The molecule has 0 saturated carbocycles. The lowest BCUT2D eigenvalue weighted by Gasteiger charge is -2.17. The summed E-state index contributed by atoms with van der Waals surface area (Å²) >= 11 is 14.1. The van der Waals surface area contributed by atoms with Gasteiger partial charge in [0.2, 0.25) is 17.7 Å². The summed E-state index contributed by atoms with van der Waals surface area (Å²) in [6.45, 7) is 2.14. The number of carbonyl (C=O) groups excluding carboxylic acids is 2. The molecule has 2 aliphatic rings. The van der Waals surface area contributed by atoms with Gasteiger partial charge in [0.15, 0.2) is 11.6 Å². The Balaban J connectivity index is 1.23. The molecule has 2 amide bonds. The molecule has 0 unspecified atom stereocenters. The van der Waals surface area contributed by atoms with Gasteiger partial charge in [0, 0.05) is 90.0 Å². The van der Waals surface area contributed by atoms with E-state index in [-0.39, 0.29) is 29.6 Å². The van der Waals surface area contributed by atoms with Crippen molar-refractivity contribution in [3.63, 3.8) is 0 Å². The van der Waals surface area contributed by atoms with Gasteiger partial charge in [0.1, 0.15) is 0 Å². The minimum absolute atomic E-state index is 0.0514. The number of aromatic nitrogens is 1. The average molecular weight is 707 g/mol. The number of rotatable bonds is 13. The first-order chi connectivity index (χ1) is 23.8. The molecule has 9 nitrogen and oxygen atoms in total. The lowest BCUT2D eigenvalue weighted by molar-refractivity contribution is -0.120. The van der Waals surface area contributed by atoms with Crippen molar-refractivity contribution in [3.05, 3.63) is 87.7 Å². The number of carbonyl (C=O) groups is 2. The Kier molecular flexibility index (Phi) is 11.0. The van der Waals surface area contributed by atoms with Gasteiger partial charge in [-0.05, 0) is 18.9 Å². The molecule has 49 heavy (non-hydrogen) atoms. The third-order valence-corrected chi connectivity index (χ3v) is 9.77. The quantitative estimate of drug-likeness (QED) is 0.130. The second kappa shape index (κ2) is 15.6. The van der Waals surface area contributed by atoms with Crippen molar-refractivity contribution in [2.24, 2.45) is 0 Å². The summed E-state index contributed by atoms with van der Waals surface area (Å²) in [5.74, 6) is 0.215. The summed E-state index contributed by atoms with van der Waals surface area (Å²) in [4.78, 5) is 27.8. The summed E-state index contributed by atoms with van der Waals surface area (Å²) in [6.07, 6.45) is 2.68. The van der Waals surface area contributed by atoms with Gasteiger partial charge in [-0.2, -0.15) is 0 Å². The third kappa shape index (κ3) is 7.68. The smallest absolute Gasteiger partial charge is 0.220 e. The molecule has 2 aliphatic heterocycles. The molecule has 4 aromatic rings. The first-order valence-electron chi connectivity index (χ1n) is 16.2. The number of methoxy groups -OCH3 is 2. The molecule has 2 atom stereocenters. The van der Waals surface area contributed by atoms with E-state index in [2.05, 4.69) is 21.3 Å². The maximum Gasteiger partial charge on any atom is 0.220 e. The minimum Gasteiger partial charge on any atom is -0.493 e. The van der Waals surface area contributed by atoms with Crippen LogP contribution in [0.5, 0.6) is 11.6 Å². The zero-order valence-corrected chi connectivity index (χ0v) is 28.8. The number of hydrogen-bond acceptors (Lipinski definition) is 7. The zero-order valence-electron chi connectivity index (χ0n) is 27.3. The highest BCUT2D eigenvalue weighted by Crippen LogP contribution is 2.44. The summed E-state index contributed by atoms with van der Waals surface area (Å²) in [5, 5.41) is 13.3. The Morgan fingerprint density at radius 2 is 1.27 bits per heavy atom. The average Bonchev–Trinajstić information content (AvgIpc) is 3.72. The Bertz CT molecular complexity index is 1870. The van der Waals surface area contributed by atoms with E-state index in [0.29, 0.717) is 94.0 Å². The van der Waals surface area contributed by atoms with Crippen LogP contribution in [0.2, 0.25) is 10.0 Å². The fourth-order valence-corrected chi connectivity index (χ4v) is 7.06. The molecular weight excluding hydrogens is 668 g/mol. The predicted molar refractivity (Wildman–Crippen MR) is 189 cm³/mol. The lowest BCUT2D eigenvalue weighted by atomic mass is 9.95. The van der Waals surface area contributed by atoms with Gasteiger partial charge in [-0.25, -0.2) is 9.37 Å². The van der Waals surface area contributed by atoms with Crippen LogP contribution in [0.1, 0.15) is 36.8 Å². The van der Waals surface area contributed by atoms with Gasteiger partial charge >= 0.3 is 0 Å². The Morgan fingerprint density at radius 3 is 1.82 bits per heavy atom. The van der Waals surface area contributed by atoms with E-state index >= 15 is 4.39 Å². The SMILES string of the molecule is COc1nc(-c2cccc(-c3cccc(-c4ccc(CNC[C@@H]5CCC(=O)N5)c(OC)c4F)c3Cl)c2Cl)ccc1CNC[C@@H]1CCC(=O)N1. The highest BCUT2D eigenvalue weighted by atomic mass is 35.5. The Morgan fingerprint density at radius 1 is 0.735 bits per heavy atom. The highest BCUT2D eigenvalue weighted by Gasteiger charge is 2.23. The van der Waals surface area contributed by atoms with Crippen LogP contribution in [-0.4, -0.2) is 56.2 Å². The number of ether oxygens (including phenoxy) is 2. The number of halogens is 3. The number of benzene rings is 3. The van der Waals surface area contributed by atoms with Gasteiger partial charge < -0.3 is 30.7 Å². The molecular formula is C37H38Cl2FN5O4. The van der Waals surface area contributed by atoms with Gasteiger partial charge in [0.25, 0.3) is 0 Å². The topological polar surface area (TPSA) is 114 Å². The second-order valence-electron chi connectivity index (χ2n) is 12.2. The van der Waals surface area contributed by atoms with Crippen LogP contribution in [0, 0.1) is 5.82 Å². The molecule has 2 fully saturated rings. The van der Waals surface area contributed by atoms with E-state index in [0.717, 1.165) is 18.4 Å². The summed E-state index contributed by atoms with van der Waals surface area (Å²) in [6, 6.07) is 18.6. The normalized spacial score (nSPS) is 17.2. The molecule has 0 spiro atoms. The Hall–Kier alpha value is -4.22. The van der Waals surface area contributed by atoms with Crippen molar-refractivity contribution >= 4 is 35.0 Å². The molecule has 256 valence electrons. The molecule has 4 N–H and O–H groups in total. The van der Waals surface area contributed by atoms with Crippen molar-refractivity contribution < 1.29 is 23.5 Å². The van der Waals surface area contributed by atoms with Crippen LogP contribution in [0.15, 0.2) is 60.7 Å². The van der Waals surface area contributed by atoms with Crippen LogP contribution in [-0.2, 0) is 22.7 Å². The maximum atomic E-state index is 16.0. The van der Waals surface area contributed by atoms with Gasteiger partial charge in [-0.15, -0.1) is 0 Å². The van der Waals surface area contributed by atoms with Crippen molar-refractivity contribution in [1.82, 2.24) is 26.3 Å². The van der Waals surface area contributed by atoms with E-state index in [1.807, 2.05) is 48.5 Å². The Labute approximate surface area is 294 Å². The van der Waals surface area contributed by atoms with Gasteiger partial charge in [0.05, 0.1) is 30.0 Å². The molecule has 0 bridgehead atoms. The lowest BCUT2D eigenvalue weighted by Crippen LogP contribution is -2.35. The second-order valence-corrected chi connectivity index (χ2v) is 12.9. The van der Waals surface area contributed by atoms with Crippen molar-refractivity contribution in [2.75, 3.05) is 27.3 Å². The molecule has 1 aromatic heterocycles. The number of amides is 2. The number of nitrogens with one attached hydrogen (secondary N) is 4. The zero-order chi connectivity index (χ0) is 34.5. The van der Waals surface area contributed by atoms with Gasteiger partial charge in [-0.3, -0.25) is 9.59 Å². The molecule has 0 radical (unpaired) electrons. The van der Waals surface area contributed by atoms with E-state index in [1.54, 1.807) is 19.2 Å². The molecule has 2 saturated heterocycles. The van der Waals surface area contributed by atoms with Crippen molar-refractivity contribution in [2.45, 2.75) is 50.9 Å².